The van der Waals surface area contributed by atoms with Gasteiger partial charge in [-0.3, -0.25) is 9.69 Å². The minimum atomic E-state index is -4.78. The highest BCUT2D eigenvalue weighted by atomic mass is 19.4. The zero-order valence-corrected chi connectivity index (χ0v) is 15.9. The number of benzene rings is 2. The molecule has 1 atom stereocenters. The van der Waals surface area contributed by atoms with Gasteiger partial charge in [0.25, 0.3) is 0 Å². The highest BCUT2D eigenvalue weighted by Crippen LogP contribution is 2.28. The van der Waals surface area contributed by atoms with Crippen molar-refractivity contribution in [3.63, 3.8) is 0 Å². The molecule has 2 rings (SSSR count). The predicted molar refractivity (Wildman–Crippen MR) is 100 cm³/mol. The van der Waals surface area contributed by atoms with Crippen molar-refractivity contribution in [2.75, 3.05) is 19.0 Å². The lowest BCUT2D eigenvalue weighted by Crippen LogP contribution is -2.39. The van der Waals surface area contributed by atoms with Crippen molar-refractivity contribution in [3.05, 3.63) is 54.1 Å². The summed E-state index contributed by atoms with van der Waals surface area (Å²) >= 11 is 0. The Morgan fingerprint density at radius 3 is 2.36 bits per heavy atom. The zero-order valence-electron chi connectivity index (χ0n) is 15.9. The van der Waals surface area contributed by atoms with Gasteiger partial charge >= 0.3 is 6.36 Å². The quantitative estimate of drug-likeness (QED) is 0.717. The van der Waals surface area contributed by atoms with E-state index in [0.29, 0.717) is 23.6 Å². The van der Waals surface area contributed by atoms with Crippen molar-refractivity contribution in [2.45, 2.75) is 32.8 Å². The Kier molecular flexibility index (Phi) is 7.28. The van der Waals surface area contributed by atoms with E-state index in [1.54, 1.807) is 49.2 Å². The minimum absolute atomic E-state index is 0.105. The third-order valence-corrected chi connectivity index (χ3v) is 4.10. The van der Waals surface area contributed by atoms with Crippen LogP contribution in [0.3, 0.4) is 0 Å². The number of nitrogens with zero attached hydrogens (tertiary/aromatic N) is 1. The van der Waals surface area contributed by atoms with Gasteiger partial charge in [-0.1, -0.05) is 30.3 Å². The molecule has 0 fully saturated rings. The maximum Gasteiger partial charge on any atom is 0.573 e. The van der Waals surface area contributed by atoms with Gasteiger partial charge in [-0.2, -0.15) is 0 Å². The van der Waals surface area contributed by atoms with Crippen LogP contribution in [-0.2, 0) is 11.3 Å². The number of nitrogens with one attached hydrogen (secondary N) is 1. The monoisotopic (exact) mass is 396 g/mol. The zero-order chi connectivity index (χ0) is 20.7. The molecule has 152 valence electrons. The maximum atomic E-state index is 12.6. The summed E-state index contributed by atoms with van der Waals surface area (Å²) in [5.74, 6) is -0.0304. The van der Waals surface area contributed by atoms with Crippen molar-refractivity contribution >= 4 is 11.6 Å². The van der Waals surface area contributed by atoms with Crippen LogP contribution in [0.2, 0.25) is 0 Å². The van der Waals surface area contributed by atoms with E-state index in [9.17, 15) is 18.0 Å². The van der Waals surface area contributed by atoms with Crippen molar-refractivity contribution in [2.24, 2.45) is 0 Å². The van der Waals surface area contributed by atoms with Crippen LogP contribution in [0.5, 0.6) is 11.5 Å². The number of para-hydroxylation sites is 3. The van der Waals surface area contributed by atoms with Crippen LogP contribution in [0.4, 0.5) is 18.9 Å². The van der Waals surface area contributed by atoms with E-state index in [2.05, 4.69) is 10.1 Å². The molecule has 0 heterocycles. The molecule has 0 aliphatic rings. The first kappa shape index (κ1) is 21.6. The topological polar surface area (TPSA) is 50.8 Å². The van der Waals surface area contributed by atoms with Gasteiger partial charge in [0.15, 0.2) is 0 Å². The highest BCUT2D eigenvalue weighted by molar-refractivity contribution is 5.95. The first-order valence-electron chi connectivity index (χ1n) is 8.78. The number of rotatable bonds is 8. The van der Waals surface area contributed by atoms with Crippen LogP contribution in [0.1, 0.15) is 19.4 Å². The Balaban J connectivity index is 2.07. The molecule has 28 heavy (non-hydrogen) atoms. The summed E-state index contributed by atoms with van der Waals surface area (Å²) in [6, 6.07) is 12.3. The number of carbonyl (C=O) groups excluding carboxylic acids is 1. The standard InChI is InChI=1S/C20H23F3N2O3/c1-4-27-18-12-8-6-10-16(18)24-19(26)14(2)25(3)13-15-9-5-7-11-17(15)28-20(21,22)23/h5-12,14H,4,13H2,1-3H3,(H,24,26). The molecular weight excluding hydrogens is 373 g/mol. The van der Waals surface area contributed by atoms with Crippen LogP contribution < -0.4 is 14.8 Å². The molecule has 2 aromatic rings. The van der Waals surface area contributed by atoms with Gasteiger partial charge in [0.1, 0.15) is 11.5 Å². The number of halogens is 3. The van der Waals surface area contributed by atoms with Crippen LogP contribution in [0.15, 0.2) is 48.5 Å². The summed E-state index contributed by atoms with van der Waals surface area (Å²) in [7, 11) is 1.66. The lowest BCUT2D eigenvalue weighted by Gasteiger charge is -2.25. The molecule has 0 saturated heterocycles. The van der Waals surface area contributed by atoms with E-state index in [0.717, 1.165) is 0 Å². The van der Waals surface area contributed by atoms with E-state index in [1.807, 2.05) is 6.92 Å². The molecule has 1 unspecified atom stereocenters. The number of carbonyl (C=O) groups is 1. The predicted octanol–water partition coefficient (Wildman–Crippen LogP) is 4.44. The smallest absolute Gasteiger partial charge is 0.492 e. The second-order valence-corrected chi connectivity index (χ2v) is 6.17. The van der Waals surface area contributed by atoms with Gasteiger partial charge in [-0.15, -0.1) is 13.2 Å². The Bertz CT molecular complexity index is 796. The molecule has 0 radical (unpaired) electrons. The van der Waals surface area contributed by atoms with Crippen LogP contribution in [0, 0.1) is 0 Å². The van der Waals surface area contributed by atoms with Crippen LogP contribution in [0.25, 0.3) is 0 Å². The molecule has 0 bridgehead atoms. The SMILES string of the molecule is CCOc1ccccc1NC(=O)C(C)N(C)Cc1ccccc1OC(F)(F)F. The number of ether oxygens (including phenoxy) is 2. The summed E-state index contributed by atoms with van der Waals surface area (Å²) in [5, 5.41) is 2.80. The number of alkyl halides is 3. The fourth-order valence-electron chi connectivity index (χ4n) is 2.55. The molecule has 5 nitrogen and oxygen atoms in total. The van der Waals surface area contributed by atoms with Gasteiger partial charge < -0.3 is 14.8 Å². The third kappa shape index (κ3) is 6.16. The van der Waals surface area contributed by atoms with E-state index < -0.39 is 12.4 Å². The molecule has 1 amide bonds. The molecule has 1 N–H and O–H groups in total. The van der Waals surface area contributed by atoms with Gasteiger partial charge in [-0.25, -0.2) is 0 Å². The van der Waals surface area contributed by atoms with Crippen molar-refractivity contribution in [1.29, 1.82) is 0 Å². The van der Waals surface area contributed by atoms with E-state index in [4.69, 9.17) is 4.74 Å². The molecule has 8 heteroatoms. The summed E-state index contributed by atoms with van der Waals surface area (Å²) in [5.41, 5.74) is 0.868. The van der Waals surface area contributed by atoms with E-state index in [1.165, 1.54) is 18.2 Å². The summed E-state index contributed by atoms with van der Waals surface area (Å²) in [4.78, 5) is 14.2. The molecule has 0 aliphatic heterocycles. The molecule has 2 aromatic carbocycles. The lowest BCUT2D eigenvalue weighted by molar-refractivity contribution is -0.275. The number of hydrogen-bond donors (Lipinski definition) is 1. The summed E-state index contributed by atoms with van der Waals surface area (Å²) in [6.45, 7) is 4.08. The molecule has 0 aliphatic carbocycles. The van der Waals surface area contributed by atoms with Crippen molar-refractivity contribution < 1.29 is 27.4 Å². The van der Waals surface area contributed by atoms with Crippen molar-refractivity contribution in [1.82, 2.24) is 4.90 Å². The van der Waals surface area contributed by atoms with Gasteiger partial charge in [0.05, 0.1) is 18.3 Å². The van der Waals surface area contributed by atoms with Gasteiger partial charge in [-0.05, 0) is 39.1 Å². The van der Waals surface area contributed by atoms with Gasteiger partial charge in [0.2, 0.25) is 5.91 Å². The Hall–Kier alpha value is -2.74. The first-order chi connectivity index (χ1) is 13.2. The summed E-state index contributed by atoms with van der Waals surface area (Å²) in [6.07, 6.45) is -4.78. The maximum absolute atomic E-state index is 12.6. The number of hydrogen-bond acceptors (Lipinski definition) is 4. The Morgan fingerprint density at radius 1 is 1.11 bits per heavy atom. The molecule has 0 spiro atoms. The second kappa shape index (κ2) is 9.45. The molecule has 0 aromatic heterocycles. The minimum Gasteiger partial charge on any atom is -0.492 e. The Labute approximate surface area is 162 Å². The van der Waals surface area contributed by atoms with Crippen LogP contribution >= 0.6 is 0 Å². The van der Waals surface area contributed by atoms with Crippen LogP contribution in [-0.4, -0.2) is 36.9 Å². The second-order valence-electron chi connectivity index (χ2n) is 6.17. The molecule has 0 saturated carbocycles. The van der Waals surface area contributed by atoms with E-state index in [-0.39, 0.29) is 18.2 Å². The highest BCUT2D eigenvalue weighted by Gasteiger charge is 2.32. The first-order valence-corrected chi connectivity index (χ1v) is 8.78. The average Bonchev–Trinajstić information content (AvgIpc) is 2.63. The lowest BCUT2D eigenvalue weighted by atomic mass is 10.1. The fraction of sp³-hybridized carbons (Fsp3) is 0.350. The van der Waals surface area contributed by atoms with Gasteiger partial charge in [0, 0.05) is 12.1 Å². The average molecular weight is 396 g/mol. The fourth-order valence-corrected chi connectivity index (χ4v) is 2.55. The third-order valence-electron chi connectivity index (χ3n) is 4.10. The van der Waals surface area contributed by atoms with Crippen molar-refractivity contribution in [3.8, 4) is 11.5 Å². The number of amides is 1. The normalized spacial score (nSPS) is 12.5. The van der Waals surface area contributed by atoms with E-state index >= 15 is 0 Å². The molecular formula is C20H23F3N2O3. The largest absolute Gasteiger partial charge is 0.573 e. The Morgan fingerprint density at radius 2 is 1.71 bits per heavy atom. The summed E-state index contributed by atoms with van der Waals surface area (Å²) < 4.78 is 47.3. The number of likely N-dealkylation sites (N-methyl/N-ethyl adjacent to an activating group) is 1. The number of anilines is 1.